The van der Waals surface area contributed by atoms with Crippen LogP contribution in [-0.2, 0) is 19.8 Å². The molecule has 0 aliphatic rings. The molecule has 0 aliphatic heterocycles. The molecular formula is C13H19O5P. The quantitative estimate of drug-likeness (QED) is 0.542. The Morgan fingerprint density at radius 1 is 1.21 bits per heavy atom. The van der Waals surface area contributed by atoms with Gasteiger partial charge < -0.3 is 13.8 Å². The topological polar surface area (TPSA) is 61.8 Å². The van der Waals surface area contributed by atoms with Crippen LogP contribution in [-0.4, -0.2) is 26.6 Å². The molecule has 0 saturated heterocycles. The summed E-state index contributed by atoms with van der Waals surface area (Å²) in [7, 11) is -1.69. The Morgan fingerprint density at radius 3 is 2.32 bits per heavy atom. The van der Waals surface area contributed by atoms with Crippen LogP contribution in [0, 0.1) is 0 Å². The first-order chi connectivity index (χ1) is 9.08. The molecule has 1 rings (SSSR count). The van der Waals surface area contributed by atoms with Crippen molar-refractivity contribution >= 4 is 13.9 Å². The molecule has 0 spiro atoms. The zero-order chi connectivity index (χ0) is 14.3. The molecule has 0 amide bonds. The molecule has 5 nitrogen and oxygen atoms in total. The minimum Gasteiger partial charge on any atom is -0.496 e. The Labute approximate surface area is 113 Å². The minimum atomic E-state index is -3.21. The molecule has 0 radical (unpaired) electrons. The highest BCUT2D eigenvalue weighted by Crippen LogP contribution is 2.52. The van der Waals surface area contributed by atoms with E-state index < -0.39 is 7.60 Å². The van der Waals surface area contributed by atoms with Crippen LogP contribution in [0.4, 0.5) is 0 Å². The summed E-state index contributed by atoms with van der Waals surface area (Å²) >= 11 is 0. The van der Waals surface area contributed by atoms with E-state index in [1.165, 1.54) is 7.11 Å². The Morgan fingerprint density at radius 2 is 1.84 bits per heavy atom. The number of aldehydes is 1. The number of methoxy groups -OCH3 is 1. The monoisotopic (exact) mass is 286 g/mol. The molecule has 0 unspecified atom stereocenters. The number of hydrogen-bond donors (Lipinski definition) is 0. The fraction of sp³-hybridized carbons (Fsp3) is 0.462. The second kappa shape index (κ2) is 7.43. The molecule has 19 heavy (non-hydrogen) atoms. The van der Waals surface area contributed by atoms with E-state index in [9.17, 15) is 9.36 Å². The summed E-state index contributed by atoms with van der Waals surface area (Å²) in [6.07, 6.45) is 0.814. The van der Waals surface area contributed by atoms with Crippen LogP contribution >= 0.6 is 7.60 Å². The van der Waals surface area contributed by atoms with Gasteiger partial charge in [-0.25, -0.2) is 0 Å². The fourth-order valence-corrected chi connectivity index (χ4v) is 3.43. The summed E-state index contributed by atoms with van der Waals surface area (Å²) in [6.45, 7) is 4.11. The summed E-state index contributed by atoms with van der Waals surface area (Å²) in [4.78, 5) is 10.8. The largest absolute Gasteiger partial charge is 0.496 e. The number of hydrogen-bond acceptors (Lipinski definition) is 5. The average molecular weight is 286 g/mol. The lowest BCUT2D eigenvalue weighted by Gasteiger charge is -2.18. The SMILES string of the molecule is CCOP(=O)(Cc1cc(C=O)ccc1OC)OCC. The minimum absolute atomic E-state index is 0.0829. The van der Waals surface area contributed by atoms with E-state index >= 15 is 0 Å². The summed E-state index contributed by atoms with van der Waals surface area (Å²) in [5.74, 6) is 0.560. The molecular weight excluding hydrogens is 267 g/mol. The lowest BCUT2D eigenvalue weighted by atomic mass is 10.1. The van der Waals surface area contributed by atoms with Gasteiger partial charge in [-0.15, -0.1) is 0 Å². The first kappa shape index (κ1) is 15.9. The van der Waals surface area contributed by atoms with Gasteiger partial charge in [0.15, 0.2) is 0 Å². The number of benzene rings is 1. The normalized spacial score (nSPS) is 11.3. The molecule has 1 aromatic carbocycles. The molecule has 0 heterocycles. The van der Waals surface area contributed by atoms with Crippen molar-refractivity contribution in [1.82, 2.24) is 0 Å². The first-order valence-corrected chi connectivity index (χ1v) is 7.81. The molecule has 0 aromatic heterocycles. The summed E-state index contributed by atoms with van der Waals surface area (Å²) in [6, 6.07) is 4.94. The Kier molecular flexibility index (Phi) is 6.22. The van der Waals surface area contributed by atoms with Gasteiger partial charge in [0, 0.05) is 11.1 Å². The smallest absolute Gasteiger partial charge is 0.335 e. The fourth-order valence-electron chi connectivity index (χ4n) is 1.73. The molecule has 0 fully saturated rings. The maximum Gasteiger partial charge on any atom is 0.335 e. The molecule has 106 valence electrons. The van der Waals surface area contributed by atoms with Crippen LogP contribution in [0.2, 0.25) is 0 Å². The third kappa shape index (κ3) is 4.46. The highest BCUT2D eigenvalue weighted by Gasteiger charge is 2.26. The molecule has 0 aliphatic carbocycles. The molecule has 6 heteroatoms. The zero-order valence-electron chi connectivity index (χ0n) is 11.4. The second-order valence-electron chi connectivity index (χ2n) is 3.79. The van der Waals surface area contributed by atoms with E-state index in [0.717, 1.165) is 6.29 Å². The maximum absolute atomic E-state index is 12.5. The van der Waals surface area contributed by atoms with Crippen molar-refractivity contribution in [3.05, 3.63) is 29.3 Å². The van der Waals surface area contributed by atoms with Gasteiger partial charge in [-0.3, -0.25) is 9.36 Å². The van der Waals surface area contributed by atoms with Gasteiger partial charge in [-0.05, 0) is 32.0 Å². The van der Waals surface area contributed by atoms with Crippen LogP contribution in [0.25, 0.3) is 0 Å². The zero-order valence-corrected chi connectivity index (χ0v) is 12.3. The number of carbonyl (C=O) groups excluding carboxylic acids is 1. The summed E-state index contributed by atoms with van der Waals surface area (Å²) < 4.78 is 28.1. The third-order valence-electron chi connectivity index (χ3n) is 2.46. The lowest BCUT2D eigenvalue weighted by molar-refractivity contribution is 0.112. The summed E-state index contributed by atoms with van der Waals surface area (Å²) in [5, 5.41) is 0. The first-order valence-electron chi connectivity index (χ1n) is 6.08. The molecule has 0 saturated carbocycles. The predicted molar refractivity (Wildman–Crippen MR) is 72.9 cm³/mol. The van der Waals surface area contributed by atoms with E-state index in [0.29, 0.717) is 30.1 Å². The Balaban J connectivity index is 3.06. The van der Waals surface area contributed by atoms with Crippen LogP contribution in [0.15, 0.2) is 18.2 Å². The van der Waals surface area contributed by atoms with Crippen molar-refractivity contribution in [1.29, 1.82) is 0 Å². The highest BCUT2D eigenvalue weighted by molar-refractivity contribution is 7.53. The van der Waals surface area contributed by atoms with E-state index in [1.54, 1.807) is 32.0 Å². The van der Waals surface area contributed by atoms with Gasteiger partial charge in [-0.2, -0.15) is 0 Å². The van der Waals surface area contributed by atoms with Crippen molar-refractivity contribution in [2.45, 2.75) is 20.0 Å². The van der Waals surface area contributed by atoms with Gasteiger partial charge in [0.2, 0.25) is 0 Å². The lowest BCUT2D eigenvalue weighted by Crippen LogP contribution is -2.01. The van der Waals surface area contributed by atoms with Gasteiger partial charge in [0.05, 0.1) is 26.5 Å². The van der Waals surface area contributed by atoms with Crippen molar-refractivity contribution in [3.63, 3.8) is 0 Å². The number of ether oxygens (including phenoxy) is 1. The predicted octanol–water partition coefficient (Wildman–Crippen LogP) is 3.27. The van der Waals surface area contributed by atoms with Crippen molar-refractivity contribution < 1.29 is 23.1 Å². The van der Waals surface area contributed by atoms with Crippen LogP contribution in [0.3, 0.4) is 0 Å². The van der Waals surface area contributed by atoms with Gasteiger partial charge in [0.1, 0.15) is 12.0 Å². The van der Waals surface area contributed by atoms with Crippen molar-refractivity contribution in [2.24, 2.45) is 0 Å². The van der Waals surface area contributed by atoms with Gasteiger partial charge in [0.25, 0.3) is 0 Å². The van der Waals surface area contributed by atoms with E-state index in [1.807, 2.05) is 0 Å². The third-order valence-corrected chi connectivity index (χ3v) is 4.49. The van der Waals surface area contributed by atoms with Gasteiger partial charge in [-0.1, -0.05) is 0 Å². The molecule has 1 aromatic rings. The number of carbonyl (C=O) groups is 1. The number of rotatable bonds is 8. The average Bonchev–Trinajstić information content (AvgIpc) is 2.39. The van der Waals surface area contributed by atoms with E-state index in [4.69, 9.17) is 13.8 Å². The van der Waals surface area contributed by atoms with Crippen molar-refractivity contribution in [3.8, 4) is 5.75 Å². The van der Waals surface area contributed by atoms with Gasteiger partial charge >= 0.3 is 7.60 Å². The standard InChI is InChI=1S/C13H19O5P/c1-4-17-19(15,18-5-2)10-12-8-11(9-14)6-7-13(12)16-3/h6-9H,4-5,10H2,1-3H3. The second-order valence-corrected chi connectivity index (χ2v) is 5.85. The van der Waals surface area contributed by atoms with Crippen LogP contribution < -0.4 is 4.74 Å². The Bertz CT molecular complexity index is 462. The molecule has 0 bridgehead atoms. The van der Waals surface area contributed by atoms with Crippen LogP contribution in [0.1, 0.15) is 29.8 Å². The Hall–Kier alpha value is -1.16. The van der Waals surface area contributed by atoms with E-state index in [2.05, 4.69) is 0 Å². The molecule has 0 atom stereocenters. The van der Waals surface area contributed by atoms with Crippen LogP contribution in [0.5, 0.6) is 5.75 Å². The highest BCUT2D eigenvalue weighted by atomic mass is 31.2. The van der Waals surface area contributed by atoms with E-state index in [-0.39, 0.29) is 6.16 Å². The van der Waals surface area contributed by atoms with Crippen molar-refractivity contribution in [2.75, 3.05) is 20.3 Å². The molecule has 0 N–H and O–H groups in total. The summed E-state index contributed by atoms with van der Waals surface area (Å²) in [5.41, 5.74) is 1.13. The maximum atomic E-state index is 12.5.